The fourth-order valence-electron chi connectivity index (χ4n) is 0.296. The lowest BCUT2D eigenvalue weighted by atomic mass is 10.4. The van der Waals surface area contributed by atoms with Crippen molar-refractivity contribution < 1.29 is 21.5 Å². The lowest BCUT2D eigenvalue weighted by Gasteiger charge is -1.97. The van der Waals surface area contributed by atoms with Gasteiger partial charge in [-0.3, -0.25) is 5.31 Å². The number of nitrogens with one attached hydrogen (secondary N) is 1. The summed E-state index contributed by atoms with van der Waals surface area (Å²) in [5, 5.41) is 8.32. The average molecular weight is 122 g/mol. The van der Waals surface area contributed by atoms with Gasteiger partial charge in [0.15, 0.2) is 6.10 Å². The van der Waals surface area contributed by atoms with Crippen molar-refractivity contribution in [3.63, 3.8) is 0 Å². The molecule has 0 saturated carbocycles. The summed E-state index contributed by atoms with van der Waals surface area (Å²) >= 11 is 0. The van der Waals surface area contributed by atoms with Gasteiger partial charge in [-0.1, -0.05) is 0 Å². The van der Waals surface area contributed by atoms with E-state index in [1.54, 1.807) is 0 Å². The van der Waals surface area contributed by atoms with Crippen LogP contribution in [-0.2, 0) is 9.53 Å². The van der Waals surface area contributed by atoms with Crippen LogP contribution in [0.3, 0.4) is 0 Å². The quantitative estimate of drug-likeness (QED) is 0.469. The van der Waals surface area contributed by atoms with Crippen molar-refractivity contribution >= 4 is 5.97 Å². The minimum Gasteiger partial charge on any atom is -0.479 e. The second kappa shape index (κ2) is 2.11. The molecule has 1 rings (SSSR count). The molecule has 1 atom stereocenters. The number of carboxylic acid groups (broad SMARTS) is 1. The van der Waals surface area contributed by atoms with Crippen molar-refractivity contribution in [2.24, 2.45) is 0 Å². The highest BCUT2D eigenvalue weighted by Crippen LogP contribution is 1.94. The Hall–Kier alpha value is -0.610. The maximum atomic E-state index is 10.4. The second-order valence-electron chi connectivity index (χ2n) is 1.17. The second-order valence-corrected chi connectivity index (χ2v) is 1.17. The van der Waals surface area contributed by atoms with Gasteiger partial charge in [0, 0.05) is 9.24 Å². The summed E-state index contributed by atoms with van der Waals surface area (Å²) in [6.45, 7) is -5.39. The van der Waals surface area contributed by atoms with Crippen LogP contribution >= 0.6 is 0 Å². The summed E-state index contributed by atoms with van der Waals surface area (Å²) in [5.41, 5.74) is 0. The minimum atomic E-state index is -2.72. The van der Waals surface area contributed by atoms with E-state index in [1.165, 1.54) is 0 Å². The highest BCUT2D eigenvalue weighted by molar-refractivity contribution is 5.72. The van der Waals surface area contributed by atoms with Gasteiger partial charge in [-0.2, -0.15) is 0 Å². The van der Waals surface area contributed by atoms with Gasteiger partial charge >= 0.3 is 5.97 Å². The maximum Gasteiger partial charge on any atom is 0.334 e. The summed E-state index contributed by atoms with van der Waals surface area (Å²) in [4.78, 5) is 10.4. The lowest BCUT2D eigenvalue weighted by Crippen LogP contribution is -2.23. The number of carbonyl (C=O) groups is 1. The van der Waals surface area contributed by atoms with E-state index >= 15 is 0 Å². The van der Waals surface area contributed by atoms with Crippen LogP contribution in [0.15, 0.2) is 0 Å². The molecule has 1 fully saturated rings. The van der Waals surface area contributed by atoms with Crippen molar-refractivity contribution in [1.82, 2.24) is 5.31 Å². The number of ether oxygens (including phenoxy) is 1. The molecule has 1 unspecified atom stereocenters. The molecule has 0 radical (unpaired) electrons. The molecule has 0 spiro atoms. The normalized spacial score (nSPS) is 52.5. The Balaban J connectivity index is 3.00. The molecule has 8 heavy (non-hydrogen) atoms. The van der Waals surface area contributed by atoms with E-state index < -0.39 is 25.3 Å². The lowest BCUT2D eigenvalue weighted by molar-refractivity contribution is -0.146. The summed E-state index contributed by atoms with van der Waals surface area (Å²) in [7, 11) is 0. The standard InChI is InChI=1S/C4H7NO3/c6-4(7)3-1-5-2-8-3/h3,5H,1-2H2,(H,6,7)/i1D2,2D2/hD. The van der Waals surface area contributed by atoms with Gasteiger partial charge in [-0.05, 0) is 0 Å². The molecule has 1 heterocycles. The van der Waals surface area contributed by atoms with Crippen molar-refractivity contribution in [3.05, 3.63) is 0 Å². The highest BCUT2D eigenvalue weighted by atomic mass is 16.5. The van der Waals surface area contributed by atoms with E-state index in [1.807, 2.05) is 0 Å². The first kappa shape index (κ1) is 1.97. The average Bonchev–Trinajstić information content (AvgIpc) is 2.11. The summed E-state index contributed by atoms with van der Waals surface area (Å²) in [6.07, 6.45) is -1.99. The van der Waals surface area contributed by atoms with Crippen molar-refractivity contribution in [1.29, 1.82) is 0 Å². The Morgan fingerprint density at radius 3 is 3.25 bits per heavy atom. The first-order valence-electron chi connectivity index (χ1n) is 4.34. The van der Waals surface area contributed by atoms with Crippen LogP contribution in [-0.4, -0.2) is 30.4 Å². The zero-order chi connectivity index (χ0) is 10.4. The minimum absolute atomic E-state index is 0.140. The Kier molecular flexibility index (Phi) is 0.517. The smallest absolute Gasteiger partial charge is 0.334 e. The summed E-state index contributed by atoms with van der Waals surface area (Å²) < 4.78 is 39.3. The van der Waals surface area contributed by atoms with Gasteiger partial charge < -0.3 is 9.84 Å². The van der Waals surface area contributed by atoms with Gasteiger partial charge in [0.25, 0.3) is 0 Å². The van der Waals surface area contributed by atoms with Crippen LogP contribution < -0.4 is 5.31 Å². The maximum absolute atomic E-state index is 10.4. The molecular formula is C4H7NO3. The van der Waals surface area contributed by atoms with Crippen LogP contribution in [0.1, 0.15) is 5.48 Å². The van der Waals surface area contributed by atoms with Crippen LogP contribution in [0, 0.1) is 0 Å². The van der Waals surface area contributed by atoms with E-state index in [0.717, 1.165) is 0 Å². The van der Waals surface area contributed by atoms with Crippen molar-refractivity contribution in [2.45, 2.75) is 6.10 Å². The molecule has 4 heteroatoms. The number of carboxylic acids is 1. The van der Waals surface area contributed by atoms with Gasteiger partial charge in [0.05, 0.1) is 9.42 Å². The predicted molar refractivity (Wildman–Crippen MR) is 25.4 cm³/mol. The number of aliphatic carboxylic acids is 1. The van der Waals surface area contributed by atoms with Crippen LogP contribution in [0.25, 0.3) is 0 Å². The molecule has 0 bridgehead atoms. The van der Waals surface area contributed by atoms with Crippen LogP contribution in [0.2, 0.25) is 1.41 Å². The Morgan fingerprint density at radius 1 is 2.25 bits per heavy atom. The predicted octanol–water partition coefficient (Wildman–Crippen LogP) is -0.983. The van der Waals surface area contributed by atoms with Crippen LogP contribution in [0.5, 0.6) is 0 Å². The Morgan fingerprint density at radius 2 is 3.00 bits per heavy atom. The Bertz CT molecular complexity index is 244. The number of hydrogen-bond donors (Lipinski definition) is 2. The third-order valence-corrected chi connectivity index (χ3v) is 0.622. The molecular weight excluding hydrogens is 110 g/mol. The fraction of sp³-hybridized carbons (Fsp3) is 0.750. The van der Waals surface area contributed by atoms with Gasteiger partial charge in [0.2, 0.25) is 0 Å². The third-order valence-electron chi connectivity index (χ3n) is 0.622. The Labute approximate surface area is 53.5 Å². The van der Waals surface area contributed by atoms with Crippen molar-refractivity contribution in [2.75, 3.05) is 13.2 Å². The van der Waals surface area contributed by atoms with Gasteiger partial charge in [0.1, 0.15) is 1.41 Å². The number of rotatable bonds is 1. The van der Waals surface area contributed by atoms with E-state index in [-0.39, 0.29) is 5.31 Å². The zero-order valence-corrected chi connectivity index (χ0v) is 3.79. The van der Waals surface area contributed by atoms with Crippen molar-refractivity contribution in [3.8, 4) is 0 Å². The van der Waals surface area contributed by atoms with E-state index in [9.17, 15) is 4.79 Å². The van der Waals surface area contributed by atoms with E-state index in [2.05, 4.69) is 4.74 Å². The molecule has 1 aliphatic heterocycles. The highest BCUT2D eigenvalue weighted by Gasteiger charge is 2.21. The van der Waals surface area contributed by atoms with Crippen LogP contribution in [0.4, 0.5) is 0 Å². The van der Waals surface area contributed by atoms with E-state index in [4.69, 9.17) is 12.0 Å². The zero-order valence-electron chi connectivity index (χ0n) is 8.79. The summed E-state index contributed by atoms with van der Waals surface area (Å²) in [6, 6.07) is 0. The molecule has 2 N–H and O–H groups in total. The third kappa shape index (κ3) is 0.962. The molecule has 4 nitrogen and oxygen atoms in total. The molecule has 46 valence electrons. The fourth-order valence-corrected chi connectivity index (χ4v) is 0.296. The summed E-state index contributed by atoms with van der Waals surface area (Å²) in [5.74, 6) is -1.64. The first-order chi connectivity index (χ1) is 5.69. The van der Waals surface area contributed by atoms with Gasteiger partial charge in [-0.25, -0.2) is 4.79 Å². The topological polar surface area (TPSA) is 58.6 Å². The molecule has 1 aliphatic rings. The molecule has 0 amide bonds. The molecule has 0 aromatic carbocycles. The number of hydrogen-bond acceptors (Lipinski definition) is 3. The molecule has 0 aromatic heterocycles. The monoisotopic (exact) mass is 122 g/mol. The van der Waals surface area contributed by atoms with Gasteiger partial charge in [-0.15, -0.1) is 0 Å². The molecule has 1 saturated heterocycles. The SMILES string of the molecule is [2H]N1C([2H])([2H])OC(C(=O)O)C1([2H])[2H]. The first-order valence-corrected chi connectivity index (χ1v) is 1.89. The largest absolute Gasteiger partial charge is 0.479 e. The molecule has 0 aromatic rings. The molecule has 0 aliphatic carbocycles. The van der Waals surface area contributed by atoms with E-state index in [0.29, 0.717) is 0 Å².